The van der Waals surface area contributed by atoms with Crippen molar-refractivity contribution in [3.63, 3.8) is 0 Å². The smallest absolute Gasteiger partial charge is 0.325 e. The number of amides is 2. The minimum absolute atomic E-state index is 0.207. The first-order chi connectivity index (χ1) is 11.3. The highest BCUT2D eigenvalue weighted by Crippen LogP contribution is 2.10. The summed E-state index contributed by atoms with van der Waals surface area (Å²) in [5.74, 6) is -0.983. The van der Waals surface area contributed by atoms with Gasteiger partial charge in [-0.3, -0.25) is 14.4 Å². The van der Waals surface area contributed by atoms with E-state index in [2.05, 4.69) is 10.6 Å². The van der Waals surface area contributed by atoms with E-state index in [0.29, 0.717) is 12.0 Å². The average molecular weight is 334 g/mol. The largest absolute Gasteiger partial charge is 0.465 e. The molecule has 1 rings (SSSR count). The molecule has 1 aromatic rings. The molecule has 0 aliphatic rings. The summed E-state index contributed by atoms with van der Waals surface area (Å²) in [7, 11) is 0. The Morgan fingerprint density at radius 2 is 1.83 bits per heavy atom. The van der Waals surface area contributed by atoms with Gasteiger partial charge < -0.3 is 15.4 Å². The second-order valence-corrected chi connectivity index (χ2v) is 5.99. The molecule has 0 saturated carbocycles. The maximum Gasteiger partial charge on any atom is 0.325 e. The molecule has 6 nitrogen and oxygen atoms in total. The predicted molar refractivity (Wildman–Crippen MR) is 91.5 cm³/mol. The fourth-order valence-electron chi connectivity index (χ4n) is 2.26. The average Bonchev–Trinajstić information content (AvgIpc) is 2.52. The lowest BCUT2D eigenvalue weighted by atomic mass is 10.0. The van der Waals surface area contributed by atoms with Crippen molar-refractivity contribution in [2.75, 3.05) is 13.2 Å². The lowest BCUT2D eigenvalue weighted by Gasteiger charge is -2.20. The summed E-state index contributed by atoms with van der Waals surface area (Å²) >= 11 is 0. The van der Waals surface area contributed by atoms with Gasteiger partial charge in [0.2, 0.25) is 5.91 Å². The van der Waals surface area contributed by atoms with Crippen molar-refractivity contribution in [2.45, 2.75) is 40.2 Å². The molecule has 2 N–H and O–H groups in total. The van der Waals surface area contributed by atoms with Gasteiger partial charge in [0, 0.05) is 5.56 Å². The van der Waals surface area contributed by atoms with Gasteiger partial charge >= 0.3 is 5.97 Å². The van der Waals surface area contributed by atoms with Crippen LogP contribution in [0.2, 0.25) is 0 Å². The molecule has 24 heavy (non-hydrogen) atoms. The Kier molecular flexibility index (Phi) is 7.95. The third kappa shape index (κ3) is 6.40. The lowest BCUT2D eigenvalue weighted by Crippen LogP contribution is -2.48. The van der Waals surface area contributed by atoms with Gasteiger partial charge in [0.1, 0.15) is 12.6 Å². The van der Waals surface area contributed by atoms with Crippen LogP contribution in [-0.4, -0.2) is 37.0 Å². The van der Waals surface area contributed by atoms with Gasteiger partial charge in [0.05, 0.1) is 6.61 Å². The zero-order chi connectivity index (χ0) is 18.1. The minimum Gasteiger partial charge on any atom is -0.465 e. The highest BCUT2D eigenvalue weighted by molar-refractivity contribution is 5.98. The van der Waals surface area contributed by atoms with Crippen molar-refractivity contribution in [3.8, 4) is 0 Å². The molecule has 0 bridgehead atoms. The normalized spacial score (nSPS) is 11.7. The van der Waals surface area contributed by atoms with E-state index >= 15 is 0 Å². The Bertz CT molecular complexity index is 584. The Balaban J connectivity index is 2.74. The summed E-state index contributed by atoms with van der Waals surface area (Å²) in [4.78, 5) is 36.1. The Morgan fingerprint density at radius 3 is 2.42 bits per heavy atom. The van der Waals surface area contributed by atoms with Gasteiger partial charge in [-0.15, -0.1) is 0 Å². The molecule has 0 aliphatic heterocycles. The molecule has 0 fully saturated rings. The first-order valence-electron chi connectivity index (χ1n) is 8.15. The van der Waals surface area contributed by atoms with Crippen LogP contribution in [0.25, 0.3) is 0 Å². The van der Waals surface area contributed by atoms with E-state index in [0.717, 1.165) is 5.56 Å². The molecule has 132 valence electrons. The van der Waals surface area contributed by atoms with Gasteiger partial charge in [-0.25, -0.2) is 0 Å². The van der Waals surface area contributed by atoms with Gasteiger partial charge in [0.25, 0.3) is 5.91 Å². The fraction of sp³-hybridized carbons (Fsp3) is 0.500. The topological polar surface area (TPSA) is 84.5 Å². The van der Waals surface area contributed by atoms with Gasteiger partial charge in [-0.2, -0.15) is 0 Å². The number of carbonyl (C=O) groups is 3. The highest BCUT2D eigenvalue weighted by atomic mass is 16.5. The Hall–Kier alpha value is -2.37. The number of rotatable bonds is 8. The summed E-state index contributed by atoms with van der Waals surface area (Å²) in [6, 6.07) is 6.48. The van der Waals surface area contributed by atoms with Crippen LogP contribution in [0.3, 0.4) is 0 Å². The quantitative estimate of drug-likeness (QED) is 0.710. The van der Waals surface area contributed by atoms with Crippen molar-refractivity contribution in [1.82, 2.24) is 10.6 Å². The van der Waals surface area contributed by atoms with Crippen molar-refractivity contribution in [1.29, 1.82) is 0 Å². The van der Waals surface area contributed by atoms with Gasteiger partial charge in [-0.1, -0.05) is 32.0 Å². The molecule has 6 heteroatoms. The van der Waals surface area contributed by atoms with E-state index in [1.807, 2.05) is 32.9 Å². The van der Waals surface area contributed by atoms with Crippen LogP contribution in [0, 0.1) is 12.8 Å². The number of aryl methyl sites for hydroxylation is 1. The van der Waals surface area contributed by atoms with Crippen molar-refractivity contribution in [2.24, 2.45) is 5.92 Å². The Morgan fingerprint density at radius 1 is 1.17 bits per heavy atom. The van der Waals surface area contributed by atoms with Gasteiger partial charge in [0.15, 0.2) is 0 Å². The minimum atomic E-state index is -0.702. The number of hydrogen-bond acceptors (Lipinski definition) is 4. The van der Waals surface area contributed by atoms with Crippen LogP contribution >= 0.6 is 0 Å². The van der Waals surface area contributed by atoms with Gasteiger partial charge in [-0.05, 0) is 37.8 Å². The lowest BCUT2D eigenvalue weighted by molar-refractivity contribution is -0.143. The first kappa shape index (κ1) is 19.7. The highest BCUT2D eigenvalue weighted by Gasteiger charge is 2.23. The molecule has 1 atom stereocenters. The van der Waals surface area contributed by atoms with E-state index in [9.17, 15) is 14.4 Å². The number of nitrogens with one attached hydrogen (secondary N) is 2. The molecule has 0 aromatic heterocycles. The summed E-state index contributed by atoms with van der Waals surface area (Å²) in [6.07, 6.45) is 0.478. The van der Waals surface area contributed by atoms with Crippen molar-refractivity contribution < 1.29 is 19.1 Å². The van der Waals surface area contributed by atoms with Crippen LogP contribution in [0.5, 0.6) is 0 Å². The van der Waals surface area contributed by atoms with E-state index in [1.165, 1.54) is 0 Å². The zero-order valence-corrected chi connectivity index (χ0v) is 14.7. The second kappa shape index (κ2) is 9.70. The maximum absolute atomic E-state index is 12.4. The van der Waals surface area contributed by atoms with Crippen LogP contribution in [0.4, 0.5) is 0 Å². The molecular weight excluding hydrogens is 308 g/mol. The number of carbonyl (C=O) groups excluding carboxylic acids is 3. The second-order valence-electron chi connectivity index (χ2n) is 5.99. The summed E-state index contributed by atoms with van der Waals surface area (Å²) in [5.41, 5.74) is 1.37. The van der Waals surface area contributed by atoms with Crippen LogP contribution in [0.15, 0.2) is 24.3 Å². The molecule has 0 saturated heterocycles. The molecule has 2 amide bonds. The van der Waals surface area contributed by atoms with Crippen molar-refractivity contribution >= 4 is 17.8 Å². The molecule has 0 spiro atoms. The SMILES string of the molecule is CCOC(=O)CNC(=O)C(CC(C)C)NC(=O)c1ccccc1C. The third-order valence-electron chi connectivity index (χ3n) is 3.43. The summed E-state index contributed by atoms with van der Waals surface area (Å²) < 4.78 is 4.78. The standard InChI is InChI=1S/C18H26N2O4/c1-5-24-16(21)11-19-18(23)15(10-12(2)3)20-17(22)14-9-7-6-8-13(14)4/h6-9,12,15H,5,10-11H2,1-4H3,(H,19,23)(H,20,22). The van der Waals surface area contributed by atoms with E-state index in [1.54, 1.807) is 19.1 Å². The predicted octanol–water partition coefficient (Wildman–Crippen LogP) is 1.82. The molecule has 1 aromatic carbocycles. The van der Waals surface area contributed by atoms with E-state index < -0.39 is 17.9 Å². The number of hydrogen-bond donors (Lipinski definition) is 2. The molecule has 0 aliphatic carbocycles. The maximum atomic E-state index is 12.4. The molecular formula is C18H26N2O4. The van der Waals surface area contributed by atoms with E-state index in [4.69, 9.17) is 4.74 Å². The third-order valence-corrected chi connectivity index (χ3v) is 3.43. The van der Waals surface area contributed by atoms with Crippen LogP contribution in [-0.2, 0) is 14.3 Å². The Labute approximate surface area is 143 Å². The summed E-state index contributed by atoms with van der Waals surface area (Å²) in [6.45, 7) is 7.52. The number of ether oxygens (including phenoxy) is 1. The first-order valence-corrected chi connectivity index (χ1v) is 8.15. The number of benzene rings is 1. The molecule has 0 radical (unpaired) electrons. The van der Waals surface area contributed by atoms with Crippen LogP contribution in [0.1, 0.15) is 43.1 Å². The number of esters is 1. The molecule has 1 unspecified atom stereocenters. The summed E-state index contributed by atoms with van der Waals surface area (Å²) in [5, 5.41) is 5.27. The zero-order valence-electron chi connectivity index (χ0n) is 14.7. The van der Waals surface area contributed by atoms with E-state index in [-0.39, 0.29) is 25.0 Å². The monoisotopic (exact) mass is 334 g/mol. The fourth-order valence-corrected chi connectivity index (χ4v) is 2.26. The molecule has 0 heterocycles. The van der Waals surface area contributed by atoms with Crippen molar-refractivity contribution in [3.05, 3.63) is 35.4 Å². The van der Waals surface area contributed by atoms with Crippen LogP contribution < -0.4 is 10.6 Å².